The molecular weight excluding hydrogens is 294 g/mol. The Morgan fingerprint density at radius 1 is 1.22 bits per heavy atom. The summed E-state index contributed by atoms with van der Waals surface area (Å²) in [5.74, 6) is 1.44. The van der Waals surface area contributed by atoms with Gasteiger partial charge in [0.1, 0.15) is 12.4 Å². The molecule has 1 aromatic carbocycles. The first kappa shape index (κ1) is 13.0. The molecule has 0 aliphatic heterocycles. The monoisotopic (exact) mass is 307 g/mol. The van der Waals surface area contributed by atoms with Crippen LogP contribution < -0.4 is 10.5 Å². The molecule has 0 bridgehead atoms. The molecule has 0 atom stereocenters. The molecule has 0 radical (unpaired) electrons. The van der Waals surface area contributed by atoms with E-state index in [9.17, 15) is 0 Å². The van der Waals surface area contributed by atoms with Gasteiger partial charge in [-0.3, -0.25) is 0 Å². The van der Waals surface area contributed by atoms with Crippen LogP contribution in [0.4, 0.5) is 0 Å². The summed E-state index contributed by atoms with van der Waals surface area (Å²) in [6, 6.07) is 7.74. The fourth-order valence-corrected chi connectivity index (χ4v) is 2.07. The van der Waals surface area contributed by atoms with Gasteiger partial charge in [0.2, 0.25) is 0 Å². The summed E-state index contributed by atoms with van der Waals surface area (Å²) in [4.78, 5) is 8.21. The van der Waals surface area contributed by atoms with Gasteiger partial charge in [-0.1, -0.05) is 6.07 Å². The summed E-state index contributed by atoms with van der Waals surface area (Å²) in [5.41, 5.74) is 6.71. The highest BCUT2D eigenvalue weighted by molar-refractivity contribution is 9.10. The third kappa shape index (κ3) is 3.51. The van der Waals surface area contributed by atoms with E-state index >= 15 is 0 Å². The van der Waals surface area contributed by atoms with E-state index in [0.29, 0.717) is 19.0 Å². The molecule has 5 heteroatoms. The highest BCUT2D eigenvalue weighted by Crippen LogP contribution is 2.26. The molecule has 4 nitrogen and oxygen atoms in total. The van der Waals surface area contributed by atoms with Gasteiger partial charge in [-0.05, 0) is 52.7 Å². The van der Waals surface area contributed by atoms with Crippen molar-refractivity contribution in [1.82, 2.24) is 9.97 Å². The first-order valence-corrected chi connectivity index (χ1v) is 6.46. The Bertz CT molecular complexity index is 505. The van der Waals surface area contributed by atoms with Crippen molar-refractivity contribution in [2.75, 3.05) is 6.54 Å². The van der Waals surface area contributed by atoms with Gasteiger partial charge < -0.3 is 10.5 Å². The topological polar surface area (TPSA) is 61.0 Å². The van der Waals surface area contributed by atoms with Crippen molar-refractivity contribution in [3.8, 4) is 5.75 Å². The summed E-state index contributed by atoms with van der Waals surface area (Å²) >= 11 is 3.48. The van der Waals surface area contributed by atoms with Crippen LogP contribution in [0.1, 0.15) is 11.4 Å². The maximum Gasteiger partial charge on any atom is 0.166 e. The van der Waals surface area contributed by atoms with Crippen molar-refractivity contribution in [2.45, 2.75) is 13.0 Å². The van der Waals surface area contributed by atoms with Crippen LogP contribution in [0.3, 0.4) is 0 Å². The van der Waals surface area contributed by atoms with Crippen LogP contribution >= 0.6 is 15.9 Å². The molecule has 2 N–H and O–H groups in total. The molecule has 0 aliphatic rings. The predicted octanol–water partition coefficient (Wildman–Crippen LogP) is 2.32. The van der Waals surface area contributed by atoms with E-state index < -0.39 is 0 Å². The lowest BCUT2D eigenvalue weighted by Crippen LogP contribution is -2.03. The highest BCUT2D eigenvalue weighted by Gasteiger charge is 2.04. The van der Waals surface area contributed by atoms with Crippen LogP contribution in [0.15, 0.2) is 41.1 Å². The average molecular weight is 308 g/mol. The summed E-state index contributed by atoms with van der Waals surface area (Å²) < 4.78 is 6.57. The first-order valence-electron chi connectivity index (χ1n) is 5.67. The number of aromatic nitrogens is 2. The van der Waals surface area contributed by atoms with Crippen LogP contribution in [0.5, 0.6) is 5.75 Å². The Labute approximate surface area is 114 Å². The van der Waals surface area contributed by atoms with Crippen molar-refractivity contribution in [3.63, 3.8) is 0 Å². The first-order chi connectivity index (χ1) is 8.79. The molecule has 2 rings (SSSR count). The third-order valence-corrected chi connectivity index (χ3v) is 3.03. The number of hydrogen-bond donors (Lipinski definition) is 1. The van der Waals surface area contributed by atoms with E-state index in [4.69, 9.17) is 10.5 Å². The lowest BCUT2D eigenvalue weighted by molar-refractivity contribution is 0.294. The van der Waals surface area contributed by atoms with E-state index in [0.717, 1.165) is 16.6 Å². The van der Waals surface area contributed by atoms with Gasteiger partial charge >= 0.3 is 0 Å². The fraction of sp³-hybridized carbons (Fsp3) is 0.231. The van der Waals surface area contributed by atoms with Gasteiger partial charge in [-0.2, -0.15) is 0 Å². The second-order valence-electron chi connectivity index (χ2n) is 3.76. The number of nitrogens with zero attached hydrogens (tertiary/aromatic N) is 2. The van der Waals surface area contributed by atoms with Crippen molar-refractivity contribution < 1.29 is 4.74 Å². The third-order valence-electron chi connectivity index (χ3n) is 2.41. The molecule has 0 aliphatic carbocycles. The lowest BCUT2D eigenvalue weighted by atomic mass is 10.1. The average Bonchev–Trinajstić information content (AvgIpc) is 2.39. The molecule has 0 spiro atoms. The Balaban J connectivity index is 2.01. The van der Waals surface area contributed by atoms with Crippen LogP contribution in [0.25, 0.3) is 0 Å². The molecule has 1 aromatic heterocycles. The normalized spacial score (nSPS) is 10.3. The zero-order valence-electron chi connectivity index (χ0n) is 9.84. The van der Waals surface area contributed by atoms with Crippen LogP contribution in [-0.4, -0.2) is 16.5 Å². The van der Waals surface area contributed by atoms with Gasteiger partial charge in [-0.15, -0.1) is 0 Å². The summed E-state index contributed by atoms with van der Waals surface area (Å²) in [6.07, 6.45) is 4.26. The standard InChI is InChI=1S/C13H14BrN3O/c14-11-8-10(4-5-15)2-3-12(11)18-9-13-16-6-1-7-17-13/h1-3,6-8H,4-5,9,15H2. The van der Waals surface area contributed by atoms with Crippen LogP contribution in [-0.2, 0) is 13.0 Å². The molecule has 0 saturated carbocycles. The van der Waals surface area contributed by atoms with E-state index in [-0.39, 0.29) is 0 Å². The minimum Gasteiger partial charge on any atom is -0.484 e. The lowest BCUT2D eigenvalue weighted by Gasteiger charge is -2.08. The summed E-state index contributed by atoms with van der Waals surface area (Å²) in [7, 11) is 0. The molecule has 1 heterocycles. The quantitative estimate of drug-likeness (QED) is 0.921. The molecule has 0 amide bonds. The van der Waals surface area contributed by atoms with Gasteiger partial charge in [0.15, 0.2) is 5.82 Å². The highest BCUT2D eigenvalue weighted by atomic mass is 79.9. The number of ether oxygens (including phenoxy) is 1. The molecular formula is C13H14BrN3O. The summed E-state index contributed by atoms with van der Waals surface area (Å²) in [5, 5.41) is 0. The molecule has 94 valence electrons. The zero-order chi connectivity index (χ0) is 12.8. The number of halogens is 1. The predicted molar refractivity (Wildman–Crippen MR) is 73.3 cm³/mol. The summed E-state index contributed by atoms with van der Waals surface area (Å²) in [6.45, 7) is 1.00. The fourth-order valence-electron chi connectivity index (χ4n) is 1.53. The van der Waals surface area contributed by atoms with Gasteiger partial charge in [0.25, 0.3) is 0 Å². The Hall–Kier alpha value is -1.46. The van der Waals surface area contributed by atoms with E-state index in [1.165, 1.54) is 5.56 Å². The Kier molecular flexibility index (Phi) is 4.66. The van der Waals surface area contributed by atoms with Crippen molar-refractivity contribution in [2.24, 2.45) is 5.73 Å². The molecule has 18 heavy (non-hydrogen) atoms. The molecule has 0 fully saturated rings. The minimum absolute atomic E-state index is 0.357. The number of hydrogen-bond acceptors (Lipinski definition) is 4. The number of rotatable bonds is 5. The zero-order valence-corrected chi connectivity index (χ0v) is 11.4. The largest absolute Gasteiger partial charge is 0.484 e. The van der Waals surface area contributed by atoms with Gasteiger partial charge in [-0.25, -0.2) is 9.97 Å². The van der Waals surface area contributed by atoms with E-state index in [1.807, 2.05) is 18.2 Å². The Morgan fingerprint density at radius 3 is 2.67 bits per heavy atom. The maximum absolute atomic E-state index is 5.65. The van der Waals surface area contributed by atoms with Crippen LogP contribution in [0, 0.1) is 0 Å². The van der Waals surface area contributed by atoms with Gasteiger partial charge in [0, 0.05) is 12.4 Å². The van der Waals surface area contributed by atoms with E-state index in [2.05, 4.69) is 25.9 Å². The minimum atomic E-state index is 0.357. The second kappa shape index (κ2) is 6.47. The Morgan fingerprint density at radius 2 is 2.00 bits per heavy atom. The van der Waals surface area contributed by atoms with E-state index in [1.54, 1.807) is 18.5 Å². The maximum atomic E-state index is 5.65. The molecule has 0 saturated heterocycles. The van der Waals surface area contributed by atoms with Crippen molar-refractivity contribution in [1.29, 1.82) is 0 Å². The number of nitrogens with two attached hydrogens (primary N) is 1. The van der Waals surface area contributed by atoms with Crippen molar-refractivity contribution in [3.05, 3.63) is 52.5 Å². The second-order valence-corrected chi connectivity index (χ2v) is 4.61. The van der Waals surface area contributed by atoms with Crippen molar-refractivity contribution >= 4 is 15.9 Å². The SMILES string of the molecule is NCCc1ccc(OCc2ncccn2)c(Br)c1. The molecule has 2 aromatic rings. The number of benzene rings is 1. The smallest absolute Gasteiger partial charge is 0.166 e. The van der Waals surface area contributed by atoms with Gasteiger partial charge in [0.05, 0.1) is 4.47 Å². The molecule has 0 unspecified atom stereocenters. The van der Waals surface area contributed by atoms with Crippen LogP contribution in [0.2, 0.25) is 0 Å².